The van der Waals surface area contributed by atoms with Crippen LogP contribution in [-0.2, 0) is 9.59 Å². The molecule has 1 aliphatic carbocycles. The minimum Gasteiger partial charge on any atom is -0.391 e. The van der Waals surface area contributed by atoms with Gasteiger partial charge in [0.2, 0.25) is 5.91 Å². The zero-order valence-corrected chi connectivity index (χ0v) is 20.3. The molecule has 0 aromatic carbocycles. The highest BCUT2D eigenvalue weighted by molar-refractivity contribution is 5.87. The van der Waals surface area contributed by atoms with Crippen molar-refractivity contribution < 1.29 is 14.7 Å². The molecule has 2 N–H and O–H groups in total. The molecule has 2 rings (SSSR count). The summed E-state index contributed by atoms with van der Waals surface area (Å²) in [6, 6.07) is 0. The minimum absolute atomic E-state index is 0.0161. The standard InChI is InChI=1S/C14H21NO2.C12H24N2O/c1-3-4-5-14(17)15(2)10-12-6-8-13(11-16)9-7-12;1-11(6-4-3-5-8-13-2)14-9-7-12(15)10-14/h3-5,11-13H,1,6-10H2,2H3;12-13,15H,1,3-10H2,2H3/b5-4-;. The fourth-order valence-electron chi connectivity index (χ4n) is 4.26. The van der Waals surface area contributed by atoms with Gasteiger partial charge in [0.15, 0.2) is 0 Å². The van der Waals surface area contributed by atoms with Gasteiger partial charge in [0.05, 0.1) is 6.10 Å². The lowest BCUT2D eigenvalue weighted by atomic mass is 9.82. The van der Waals surface area contributed by atoms with E-state index in [-0.39, 0.29) is 17.9 Å². The van der Waals surface area contributed by atoms with Crippen molar-refractivity contribution in [3.63, 3.8) is 0 Å². The molecule has 1 aliphatic heterocycles. The van der Waals surface area contributed by atoms with E-state index < -0.39 is 0 Å². The molecule has 2 aliphatic rings. The Balaban J connectivity index is 0.000000323. The highest BCUT2D eigenvalue weighted by atomic mass is 16.3. The molecule has 1 saturated heterocycles. The first-order chi connectivity index (χ1) is 15.4. The number of hydrogen-bond donors (Lipinski definition) is 2. The van der Waals surface area contributed by atoms with Crippen LogP contribution in [0.4, 0.5) is 0 Å². The van der Waals surface area contributed by atoms with Gasteiger partial charge < -0.3 is 25.0 Å². The third-order valence-electron chi connectivity index (χ3n) is 6.37. The first kappa shape index (κ1) is 28.1. The number of unbranched alkanes of at least 4 members (excludes halogenated alkanes) is 2. The van der Waals surface area contributed by atoms with E-state index in [1.165, 1.54) is 31.0 Å². The summed E-state index contributed by atoms with van der Waals surface area (Å²) in [5.74, 6) is 0.799. The normalized spacial score (nSPS) is 22.8. The number of β-amino-alcohol motifs (C(OH)–C–C–N with tert-alkyl or cyclic N) is 1. The van der Waals surface area contributed by atoms with Crippen molar-refractivity contribution in [1.82, 2.24) is 15.1 Å². The SMILES string of the molecule is C=C(CCCCCNC)N1CCC(O)C1.C=C/C=C\C(=O)N(C)CC1CCC(C=O)CC1. The first-order valence-corrected chi connectivity index (χ1v) is 12.2. The number of carbonyl (C=O) groups is 2. The lowest BCUT2D eigenvalue weighted by Crippen LogP contribution is -2.32. The van der Waals surface area contributed by atoms with Gasteiger partial charge in [0.1, 0.15) is 6.29 Å². The quantitative estimate of drug-likeness (QED) is 0.207. The lowest BCUT2D eigenvalue weighted by Gasteiger charge is -2.28. The monoisotopic (exact) mass is 447 g/mol. The summed E-state index contributed by atoms with van der Waals surface area (Å²) in [6.45, 7) is 11.3. The molecule has 32 heavy (non-hydrogen) atoms. The second kappa shape index (κ2) is 16.7. The smallest absolute Gasteiger partial charge is 0.246 e. The maximum atomic E-state index is 11.6. The summed E-state index contributed by atoms with van der Waals surface area (Å²) in [4.78, 5) is 26.2. The maximum absolute atomic E-state index is 11.6. The number of likely N-dealkylation sites (N-methyl/N-ethyl adjacent to an activating group) is 1. The molecule has 6 nitrogen and oxygen atoms in total. The topological polar surface area (TPSA) is 72.9 Å². The number of rotatable bonds is 12. The summed E-state index contributed by atoms with van der Waals surface area (Å²) in [7, 11) is 3.81. The molecule has 0 aromatic rings. The maximum Gasteiger partial charge on any atom is 0.246 e. The zero-order chi connectivity index (χ0) is 23.8. The fourth-order valence-corrected chi connectivity index (χ4v) is 4.26. The summed E-state index contributed by atoms with van der Waals surface area (Å²) < 4.78 is 0. The van der Waals surface area contributed by atoms with Crippen LogP contribution in [0.25, 0.3) is 0 Å². The fraction of sp³-hybridized carbons (Fsp3) is 0.692. The number of allylic oxidation sites excluding steroid dienone is 3. The number of likely N-dealkylation sites (tertiary alicyclic amines) is 1. The summed E-state index contributed by atoms with van der Waals surface area (Å²) in [5.41, 5.74) is 1.20. The Morgan fingerprint density at radius 3 is 2.47 bits per heavy atom. The number of aliphatic hydroxyl groups is 1. The molecule has 1 unspecified atom stereocenters. The number of nitrogens with zero attached hydrogens (tertiary/aromatic N) is 2. The van der Waals surface area contributed by atoms with Crippen molar-refractivity contribution in [1.29, 1.82) is 0 Å². The van der Waals surface area contributed by atoms with E-state index in [0.29, 0.717) is 5.92 Å². The molecule has 182 valence electrons. The highest BCUT2D eigenvalue weighted by Gasteiger charge is 2.22. The molecular formula is C26H45N3O3. The third kappa shape index (κ3) is 11.6. The van der Waals surface area contributed by atoms with Crippen molar-refractivity contribution in [2.75, 3.05) is 40.3 Å². The van der Waals surface area contributed by atoms with Gasteiger partial charge in [-0.1, -0.05) is 31.7 Å². The molecule has 0 spiro atoms. The predicted octanol–water partition coefficient (Wildman–Crippen LogP) is 3.54. The van der Waals surface area contributed by atoms with Crippen LogP contribution >= 0.6 is 0 Å². The van der Waals surface area contributed by atoms with Gasteiger partial charge in [-0.2, -0.15) is 0 Å². The zero-order valence-electron chi connectivity index (χ0n) is 20.3. The van der Waals surface area contributed by atoms with Crippen molar-refractivity contribution >= 4 is 12.2 Å². The van der Waals surface area contributed by atoms with E-state index >= 15 is 0 Å². The van der Waals surface area contributed by atoms with E-state index in [1.54, 1.807) is 17.1 Å². The molecule has 2 fully saturated rings. The van der Waals surface area contributed by atoms with Crippen molar-refractivity contribution in [2.45, 2.75) is 63.9 Å². The molecule has 1 saturated carbocycles. The van der Waals surface area contributed by atoms with Crippen LogP contribution in [0.1, 0.15) is 57.8 Å². The Kier molecular flexibility index (Phi) is 14.7. The summed E-state index contributed by atoms with van der Waals surface area (Å²) in [5, 5.41) is 12.5. The lowest BCUT2D eigenvalue weighted by molar-refractivity contribution is -0.125. The van der Waals surface area contributed by atoms with Crippen LogP contribution in [0, 0.1) is 11.8 Å². The van der Waals surface area contributed by atoms with Gasteiger partial charge in [0, 0.05) is 44.4 Å². The molecule has 1 atom stereocenters. The third-order valence-corrected chi connectivity index (χ3v) is 6.37. The largest absolute Gasteiger partial charge is 0.391 e. The number of aldehydes is 1. The van der Waals surface area contributed by atoms with Crippen LogP contribution in [0.2, 0.25) is 0 Å². The first-order valence-electron chi connectivity index (χ1n) is 12.2. The van der Waals surface area contributed by atoms with Gasteiger partial charge in [-0.3, -0.25) is 4.79 Å². The average molecular weight is 448 g/mol. The summed E-state index contributed by atoms with van der Waals surface area (Å²) in [6.07, 6.45) is 15.5. The van der Waals surface area contributed by atoms with Crippen LogP contribution < -0.4 is 5.32 Å². The van der Waals surface area contributed by atoms with E-state index in [2.05, 4.69) is 23.4 Å². The molecule has 0 bridgehead atoms. The number of hydrogen-bond acceptors (Lipinski definition) is 5. The Bertz CT molecular complexity index is 597. The summed E-state index contributed by atoms with van der Waals surface area (Å²) >= 11 is 0. The number of amides is 1. The second-order valence-electron chi connectivity index (χ2n) is 9.10. The predicted molar refractivity (Wildman–Crippen MR) is 132 cm³/mol. The Hall–Kier alpha value is -1.92. The number of nitrogens with one attached hydrogen (secondary N) is 1. The van der Waals surface area contributed by atoms with Gasteiger partial charge in [-0.25, -0.2) is 0 Å². The Morgan fingerprint density at radius 1 is 1.19 bits per heavy atom. The molecule has 0 radical (unpaired) electrons. The molecule has 6 heteroatoms. The molecule has 1 amide bonds. The van der Waals surface area contributed by atoms with Crippen LogP contribution in [-0.4, -0.2) is 73.5 Å². The van der Waals surface area contributed by atoms with Gasteiger partial charge in [0.25, 0.3) is 0 Å². The Labute approximate surface area is 195 Å². The average Bonchev–Trinajstić information content (AvgIpc) is 3.24. The van der Waals surface area contributed by atoms with Gasteiger partial charge >= 0.3 is 0 Å². The Morgan fingerprint density at radius 2 is 1.91 bits per heavy atom. The van der Waals surface area contributed by atoms with Gasteiger partial charge in [-0.15, -0.1) is 0 Å². The van der Waals surface area contributed by atoms with E-state index in [1.807, 2.05) is 14.1 Å². The molecule has 1 heterocycles. The second-order valence-corrected chi connectivity index (χ2v) is 9.10. The molecule has 0 aromatic heterocycles. The highest BCUT2D eigenvalue weighted by Crippen LogP contribution is 2.28. The van der Waals surface area contributed by atoms with E-state index in [9.17, 15) is 14.7 Å². The van der Waals surface area contributed by atoms with Crippen molar-refractivity contribution in [3.05, 3.63) is 37.1 Å². The van der Waals surface area contributed by atoms with E-state index in [0.717, 1.165) is 71.0 Å². The van der Waals surface area contributed by atoms with E-state index in [4.69, 9.17) is 0 Å². The van der Waals surface area contributed by atoms with Gasteiger partial charge in [-0.05, 0) is 70.9 Å². The van der Waals surface area contributed by atoms with Crippen molar-refractivity contribution in [3.8, 4) is 0 Å². The molecular weight excluding hydrogens is 402 g/mol. The van der Waals surface area contributed by atoms with Crippen LogP contribution in [0.5, 0.6) is 0 Å². The minimum atomic E-state index is -0.133. The number of carbonyl (C=O) groups excluding carboxylic acids is 2. The van der Waals surface area contributed by atoms with Crippen molar-refractivity contribution in [2.24, 2.45) is 11.8 Å². The number of aliphatic hydroxyl groups excluding tert-OH is 1. The van der Waals surface area contributed by atoms with Crippen LogP contribution in [0.3, 0.4) is 0 Å². The van der Waals surface area contributed by atoms with Crippen LogP contribution in [0.15, 0.2) is 37.1 Å².